The number of anilines is 2. The summed E-state index contributed by atoms with van der Waals surface area (Å²) < 4.78 is 5.82. The highest BCUT2D eigenvalue weighted by Crippen LogP contribution is 2.32. The lowest BCUT2D eigenvalue weighted by atomic mass is 9.87. The summed E-state index contributed by atoms with van der Waals surface area (Å²) in [4.78, 5) is 19.8. The first-order chi connectivity index (χ1) is 15.2. The van der Waals surface area contributed by atoms with Crippen molar-refractivity contribution in [3.05, 3.63) is 64.4 Å². The number of carbonyl (C=O) groups is 1. The minimum atomic E-state index is -0.135. The highest BCUT2D eigenvalue weighted by Gasteiger charge is 2.28. The SMILES string of the molecule is CN1CCN(c2cccc(Cl)c2C=C2OCCN(c3ccc(C(C)(C)C)cc3)C2=O)CC1.Cl. The summed E-state index contributed by atoms with van der Waals surface area (Å²) in [5, 5.41) is 0.622. The van der Waals surface area contributed by atoms with E-state index in [9.17, 15) is 4.79 Å². The Bertz CT molecular complexity index is 1010. The number of rotatable bonds is 3. The monoisotopic (exact) mass is 489 g/mol. The van der Waals surface area contributed by atoms with E-state index in [4.69, 9.17) is 16.3 Å². The van der Waals surface area contributed by atoms with Crippen molar-refractivity contribution in [1.29, 1.82) is 0 Å². The number of carbonyl (C=O) groups excluding carboxylic acids is 1. The normalized spacial score (nSPS) is 18.8. The topological polar surface area (TPSA) is 36.0 Å². The molecule has 5 nitrogen and oxygen atoms in total. The Morgan fingerprint density at radius 1 is 0.970 bits per heavy atom. The van der Waals surface area contributed by atoms with E-state index < -0.39 is 0 Å². The minimum Gasteiger partial charge on any atom is -0.486 e. The van der Waals surface area contributed by atoms with Crippen LogP contribution in [0.5, 0.6) is 0 Å². The third-order valence-corrected chi connectivity index (χ3v) is 6.55. The zero-order valence-electron chi connectivity index (χ0n) is 19.8. The molecule has 0 N–H and O–H groups in total. The van der Waals surface area contributed by atoms with Crippen LogP contribution in [0.15, 0.2) is 48.2 Å². The summed E-state index contributed by atoms with van der Waals surface area (Å²) >= 11 is 6.60. The molecule has 2 aromatic rings. The molecule has 0 saturated carbocycles. The lowest BCUT2D eigenvalue weighted by molar-refractivity contribution is -0.120. The van der Waals surface area contributed by atoms with Gasteiger partial charge in [0.25, 0.3) is 5.91 Å². The average molecular weight is 490 g/mol. The summed E-state index contributed by atoms with van der Waals surface area (Å²) in [6, 6.07) is 14.1. The maximum Gasteiger partial charge on any atom is 0.293 e. The number of hydrogen-bond donors (Lipinski definition) is 0. The Morgan fingerprint density at radius 3 is 2.27 bits per heavy atom. The molecule has 1 amide bonds. The van der Waals surface area contributed by atoms with Crippen LogP contribution in [0.4, 0.5) is 11.4 Å². The Labute approximate surface area is 208 Å². The van der Waals surface area contributed by atoms with E-state index >= 15 is 0 Å². The molecule has 2 aliphatic rings. The number of piperazine rings is 1. The minimum absolute atomic E-state index is 0. The number of amides is 1. The summed E-state index contributed by atoms with van der Waals surface area (Å²) in [6.07, 6.45) is 1.81. The van der Waals surface area contributed by atoms with Gasteiger partial charge in [0.2, 0.25) is 0 Å². The molecule has 7 heteroatoms. The first-order valence-corrected chi connectivity index (χ1v) is 11.6. The van der Waals surface area contributed by atoms with Crippen LogP contribution in [-0.4, -0.2) is 57.2 Å². The highest BCUT2D eigenvalue weighted by molar-refractivity contribution is 6.32. The maximum atomic E-state index is 13.3. The molecule has 0 spiro atoms. The van der Waals surface area contributed by atoms with Crippen LogP contribution in [0, 0.1) is 0 Å². The maximum absolute atomic E-state index is 13.3. The number of morpholine rings is 1. The highest BCUT2D eigenvalue weighted by atomic mass is 35.5. The molecule has 0 atom stereocenters. The lowest BCUT2D eigenvalue weighted by Crippen LogP contribution is -2.44. The van der Waals surface area contributed by atoms with Crippen molar-refractivity contribution in [2.45, 2.75) is 26.2 Å². The summed E-state index contributed by atoms with van der Waals surface area (Å²) in [5.41, 5.74) is 4.08. The van der Waals surface area contributed by atoms with Crippen LogP contribution in [0.25, 0.3) is 6.08 Å². The molecule has 0 aromatic heterocycles. The van der Waals surface area contributed by atoms with Crippen molar-refractivity contribution in [3.63, 3.8) is 0 Å². The predicted octanol–water partition coefficient (Wildman–Crippen LogP) is 5.22. The van der Waals surface area contributed by atoms with Gasteiger partial charge in [-0.15, -0.1) is 12.4 Å². The fourth-order valence-electron chi connectivity index (χ4n) is 4.16. The second kappa shape index (κ2) is 10.4. The number of ether oxygens (including phenoxy) is 1. The van der Waals surface area contributed by atoms with E-state index in [1.54, 1.807) is 4.90 Å². The Balaban J connectivity index is 0.00000306. The van der Waals surface area contributed by atoms with Crippen molar-refractivity contribution < 1.29 is 9.53 Å². The Kier molecular flexibility index (Phi) is 7.99. The fourth-order valence-corrected chi connectivity index (χ4v) is 4.38. The molecular formula is C26H33Cl2N3O2. The number of halogens is 2. The largest absolute Gasteiger partial charge is 0.486 e. The van der Waals surface area contributed by atoms with Crippen LogP contribution >= 0.6 is 24.0 Å². The zero-order valence-corrected chi connectivity index (χ0v) is 21.4. The van der Waals surface area contributed by atoms with Crippen molar-refractivity contribution >= 4 is 47.4 Å². The zero-order chi connectivity index (χ0) is 22.9. The van der Waals surface area contributed by atoms with E-state index in [2.05, 4.69) is 55.8 Å². The number of hydrogen-bond acceptors (Lipinski definition) is 4. The van der Waals surface area contributed by atoms with Crippen molar-refractivity contribution in [3.8, 4) is 0 Å². The summed E-state index contributed by atoms with van der Waals surface area (Å²) in [6.45, 7) is 11.4. The number of benzene rings is 2. The Morgan fingerprint density at radius 2 is 1.64 bits per heavy atom. The molecule has 0 radical (unpaired) electrons. The van der Waals surface area contributed by atoms with Crippen LogP contribution in [0.1, 0.15) is 31.9 Å². The third-order valence-electron chi connectivity index (χ3n) is 6.22. The second-order valence-electron chi connectivity index (χ2n) is 9.57. The van der Waals surface area contributed by atoms with Gasteiger partial charge in [-0.1, -0.05) is 50.6 Å². The fraction of sp³-hybridized carbons (Fsp3) is 0.423. The smallest absolute Gasteiger partial charge is 0.293 e. The van der Waals surface area contributed by atoms with Crippen molar-refractivity contribution in [2.24, 2.45) is 0 Å². The van der Waals surface area contributed by atoms with E-state index in [1.807, 2.05) is 30.3 Å². The van der Waals surface area contributed by atoms with Gasteiger partial charge in [-0.05, 0) is 48.4 Å². The van der Waals surface area contributed by atoms with E-state index in [0.717, 1.165) is 43.1 Å². The predicted molar refractivity (Wildman–Crippen MR) is 140 cm³/mol. The Hall–Kier alpha value is -2.21. The molecule has 4 rings (SSSR count). The van der Waals surface area contributed by atoms with Crippen LogP contribution in [0.3, 0.4) is 0 Å². The van der Waals surface area contributed by atoms with E-state index in [-0.39, 0.29) is 23.7 Å². The molecule has 0 unspecified atom stereocenters. The molecule has 2 heterocycles. The molecule has 33 heavy (non-hydrogen) atoms. The van der Waals surface area contributed by atoms with Gasteiger partial charge in [0.05, 0.1) is 11.6 Å². The molecule has 0 bridgehead atoms. The summed E-state index contributed by atoms with van der Waals surface area (Å²) in [5.74, 6) is 0.198. The van der Waals surface area contributed by atoms with Gasteiger partial charge in [-0.2, -0.15) is 0 Å². The van der Waals surface area contributed by atoms with Gasteiger partial charge in [0, 0.05) is 43.1 Å². The average Bonchev–Trinajstić information content (AvgIpc) is 2.76. The molecule has 2 aromatic carbocycles. The molecular weight excluding hydrogens is 457 g/mol. The van der Waals surface area contributed by atoms with Crippen LogP contribution in [-0.2, 0) is 14.9 Å². The second-order valence-corrected chi connectivity index (χ2v) is 9.98. The van der Waals surface area contributed by atoms with Gasteiger partial charge >= 0.3 is 0 Å². The first-order valence-electron chi connectivity index (χ1n) is 11.2. The molecule has 2 saturated heterocycles. The standard InChI is InChI=1S/C26H32ClN3O2.ClH/c1-26(2,3)19-8-10-20(11-9-19)30-16-17-32-24(25(30)31)18-21-22(27)6-5-7-23(21)29-14-12-28(4)13-15-29;/h5-11,18H,12-17H2,1-4H3;1H. The van der Waals surface area contributed by atoms with Crippen molar-refractivity contribution in [1.82, 2.24) is 4.90 Å². The number of nitrogens with zero attached hydrogens (tertiary/aromatic N) is 3. The molecule has 2 aliphatic heterocycles. The van der Waals surface area contributed by atoms with Gasteiger partial charge in [0.15, 0.2) is 5.76 Å². The van der Waals surface area contributed by atoms with Crippen LogP contribution in [0.2, 0.25) is 5.02 Å². The van der Waals surface area contributed by atoms with E-state index in [0.29, 0.717) is 23.9 Å². The molecule has 178 valence electrons. The quantitative estimate of drug-likeness (QED) is 0.554. The molecule has 0 aliphatic carbocycles. The van der Waals surface area contributed by atoms with Gasteiger partial charge in [-0.3, -0.25) is 4.79 Å². The first kappa shape index (κ1) is 25.4. The lowest BCUT2D eigenvalue weighted by Gasteiger charge is -2.35. The van der Waals surface area contributed by atoms with Crippen LogP contribution < -0.4 is 9.80 Å². The number of likely N-dealkylation sites (N-methyl/N-ethyl adjacent to an activating group) is 1. The molecule has 2 fully saturated rings. The summed E-state index contributed by atoms with van der Waals surface area (Å²) in [7, 11) is 2.13. The third kappa shape index (κ3) is 5.65. The van der Waals surface area contributed by atoms with Crippen molar-refractivity contribution in [2.75, 3.05) is 56.2 Å². The van der Waals surface area contributed by atoms with Gasteiger partial charge in [0.1, 0.15) is 6.61 Å². The van der Waals surface area contributed by atoms with Gasteiger partial charge < -0.3 is 19.4 Å². The van der Waals surface area contributed by atoms with E-state index in [1.165, 1.54) is 5.56 Å². The van der Waals surface area contributed by atoms with Gasteiger partial charge in [-0.25, -0.2) is 0 Å².